The fraction of sp³-hybridized carbons (Fsp3) is 0.417. The van der Waals surface area contributed by atoms with Crippen LogP contribution in [0, 0.1) is 0 Å². The molecule has 0 aliphatic heterocycles. The highest BCUT2D eigenvalue weighted by molar-refractivity contribution is 7.90. The first-order chi connectivity index (χ1) is 8.71. The van der Waals surface area contributed by atoms with Gasteiger partial charge in [-0.05, 0) is 30.5 Å². The number of benzene rings is 1. The largest absolute Gasteiger partial charge is 0.480 e. The normalized spacial score (nSPS) is 14.9. The molecule has 0 saturated carbocycles. The Morgan fingerprint density at radius 1 is 1.32 bits per heavy atom. The van der Waals surface area contributed by atoms with Gasteiger partial charge in [0.1, 0.15) is 6.04 Å². The number of aryl methyl sites for hydroxylation is 1. The molecule has 1 rings (SSSR count). The molecule has 1 aromatic rings. The van der Waals surface area contributed by atoms with Gasteiger partial charge in [0.25, 0.3) is 0 Å². The van der Waals surface area contributed by atoms with E-state index in [1.807, 2.05) is 0 Å². The highest BCUT2D eigenvalue weighted by Gasteiger charge is 2.21. The summed E-state index contributed by atoms with van der Waals surface area (Å²) in [6.07, 6.45) is 0.613. The zero-order chi connectivity index (χ0) is 14.6. The Balaban J connectivity index is 2.62. The van der Waals surface area contributed by atoms with Crippen LogP contribution in [0.4, 0.5) is 0 Å². The molecular weight excluding hydrogens is 270 g/mol. The molecule has 6 nitrogen and oxygen atoms in total. The minimum Gasteiger partial charge on any atom is -0.480 e. The Hall–Kier alpha value is -1.44. The van der Waals surface area contributed by atoms with Gasteiger partial charge in [-0.3, -0.25) is 4.79 Å². The average molecular weight is 287 g/mol. The van der Waals surface area contributed by atoms with Crippen LogP contribution in [0.3, 0.4) is 0 Å². The monoisotopic (exact) mass is 287 g/mol. The molecule has 0 saturated heterocycles. The van der Waals surface area contributed by atoms with Gasteiger partial charge in [0.2, 0.25) is 0 Å². The maximum absolute atomic E-state index is 11.3. The summed E-state index contributed by atoms with van der Waals surface area (Å²) in [4.78, 5) is 10.8. The Bertz CT molecular complexity index is 538. The van der Waals surface area contributed by atoms with E-state index in [0.717, 1.165) is 11.8 Å². The Labute approximate surface area is 111 Å². The number of carbonyl (C=O) groups is 1. The highest BCUT2D eigenvalue weighted by Crippen LogP contribution is 2.12. The summed E-state index contributed by atoms with van der Waals surface area (Å²) in [5.74, 6) is -1.25. The van der Waals surface area contributed by atoms with Crippen molar-refractivity contribution in [3.8, 4) is 0 Å². The number of hydrogen-bond acceptors (Lipinski definition) is 5. The van der Waals surface area contributed by atoms with E-state index in [4.69, 9.17) is 10.8 Å². The van der Waals surface area contributed by atoms with E-state index in [0.29, 0.717) is 6.42 Å². The summed E-state index contributed by atoms with van der Waals surface area (Å²) in [6, 6.07) is 4.92. The number of hydrogen-bond donors (Lipinski definition) is 3. The second kappa shape index (κ2) is 6.14. The molecule has 106 valence electrons. The molecule has 2 atom stereocenters. The number of aliphatic carboxylic acids is 1. The van der Waals surface area contributed by atoms with Crippen molar-refractivity contribution >= 4 is 15.8 Å². The van der Waals surface area contributed by atoms with Crippen molar-refractivity contribution in [2.24, 2.45) is 5.73 Å². The number of sulfone groups is 1. The van der Waals surface area contributed by atoms with Gasteiger partial charge in [0.05, 0.1) is 11.0 Å². The second-order valence-electron chi connectivity index (χ2n) is 4.39. The first kappa shape index (κ1) is 15.6. The lowest BCUT2D eigenvalue weighted by Gasteiger charge is -2.14. The molecule has 19 heavy (non-hydrogen) atoms. The van der Waals surface area contributed by atoms with Crippen LogP contribution in [0.25, 0.3) is 0 Å². The first-order valence-electron chi connectivity index (χ1n) is 5.67. The second-order valence-corrected chi connectivity index (χ2v) is 6.40. The summed E-state index contributed by atoms with van der Waals surface area (Å²) in [5.41, 5.74) is 6.09. The quantitative estimate of drug-likeness (QED) is 0.666. The van der Waals surface area contributed by atoms with Gasteiger partial charge in [-0.1, -0.05) is 12.1 Å². The van der Waals surface area contributed by atoms with Gasteiger partial charge in [0.15, 0.2) is 9.84 Å². The Morgan fingerprint density at radius 2 is 1.84 bits per heavy atom. The molecule has 0 aromatic heterocycles. The van der Waals surface area contributed by atoms with Gasteiger partial charge < -0.3 is 15.9 Å². The van der Waals surface area contributed by atoms with Crippen LogP contribution in [0.15, 0.2) is 29.2 Å². The lowest BCUT2D eigenvalue weighted by atomic mass is 10.0. The van der Waals surface area contributed by atoms with E-state index in [1.54, 1.807) is 12.1 Å². The van der Waals surface area contributed by atoms with E-state index in [2.05, 4.69) is 0 Å². The topological polar surface area (TPSA) is 118 Å². The number of aliphatic hydroxyl groups is 1. The van der Waals surface area contributed by atoms with Crippen LogP contribution in [-0.2, 0) is 21.1 Å². The molecule has 0 bridgehead atoms. The third-order valence-electron chi connectivity index (χ3n) is 2.78. The molecule has 0 heterocycles. The third kappa shape index (κ3) is 4.62. The average Bonchev–Trinajstić information content (AvgIpc) is 2.34. The molecule has 0 aliphatic carbocycles. The lowest BCUT2D eigenvalue weighted by Crippen LogP contribution is -2.41. The van der Waals surface area contributed by atoms with E-state index in [-0.39, 0.29) is 11.3 Å². The molecule has 1 unspecified atom stereocenters. The number of carboxylic acid groups (broad SMARTS) is 1. The summed E-state index contributed by atoms with van der Waals surface area (Å²) >= 11 is 0. The number of nitrogens with two attached hydrogens (primary N) is 1. The lowest BCUT2D eigenvalue weighted by molar-refractivity contribution is -0.141. The Morgan fingerprint density at radius 3 is 2.26 bits per heavy atom. The molecular formula is C12H17NO5S. The third-order valence-corrected chi connectivity index (χ3v) is 3.91. The van der Waals surface area contributed by atoms with E-state index in [9.17, 15) is 18.3 Å². The number of aliphatic hydroxyl groups excluding tert-OH is 1. The Kier molecular flexibility index (Phi) is 5.04. The van der Waals surface area contributed by atoms with Crippen molar-refractivity contribution in [3.05, 3.63) is 29.8 Å². The van der Waals surface area contributed by atoms with Gasteiger partial charge in [-0.15, -0.1) is 0 Å². The standard InChI is InChI=1S/C12H17NO5S/c1-19(17,18)9-5-2-8(3-6-9)4-7-10(14)11(13)12(15)16/h2-3,5-6,10-11,14H,4,7,13H2,1H3,(H,15,16)/t10?,11-/m1/s1. The van der Waals surface area contributed by atoms with Gasteiger partial charge in [0, 0.05) is 6.26 Å². The summed E-state index contributed by atoms with van der Waals surface area (Å²) < 4.78 is 22.5. The molecule has 0 aliphatic rings. The fourth-order valence-electron chi connectivity index (χ4n) is 1.56. The van der Waals surface area contributed by atoms with Crippen LogP contribution >= 0.6 is 0 Å². The molecule has 7 heteroatoms. The van der Waals surface area contributed by atoms with Crippen molar-refractivity contribution in [1.29, 1.82) is 0 Å². The number of carboxylic acids is 1. The number of rotatable bonds is 6. The zero-order valence-electron chi connectivity index (χ0n) is 10.5. The molecule has 0 spiro atoms. The molecule has 1 aromatic carbocycles. The van der Waals surface area contributed by atoms with Crippen LogP contribution in [0.2, 0.25) is 0 Å². The minimum absolute atomic E-state index is 0.200. The van der Waals surface area contributed by atoms with Crippen molar-refractivity contribution in [2.75, 3.05) is 6.26 Å². The predicted octanol–water partition coefficient (Wildman–Crippen LogP) is -0.204. The molecule has 4 N–H and O–H groups in total. The highest BCUT2D eigenvalue weighted by atomic mass is 32.2. The maximum atomic E-state index is 11.3. The zero-order valence-corrected chi connectivity index (χ0v) is 11.3. The van der Waals surface area contributed by atoms with Crippen LogP contribution in [-0.4, -0.2) is 43.0 Å². The smallest absolute Gasteiger partial charge is 0.323 e. The van der Waals surface area contributed by atoms with Gasteiger partial charge >= 0.3 is 5.97 Å². The molecule has 0 radical (unpaired) electrons. The van der Waals surface area contributed by atoms with Crippen LogP contribution < -0.4 is 5.73 Å². The first-order valence-corrected chi connectivity index (χ1v) is 7.56. The van der Waals surface area contributed by atoms with E-state index < -0.39 is 28.0 Å². The van der Waals surface area contributed by atoms with Crippen molar-refractivity contribution < 1.29 is 23.4 Å². The van der Waals surface area contributed by atoms with E-state index in [1.165, 1.54) is 12.1 Å². The molecule has 0 amide bonds. The fourth-order valence-corrected chi connectivity index (χ4v) is 2.19. The van der Waals surface area contributed by atoms with Crippen LogP contribution in [0.1, 0.15) is 12.0 Å². The van der Waals surface area contributed by atoms with Gasteiger partial charge in [-0.25, -0.2) is 8.42 Å². The summed E-state index contributed by atoms with van der Waals surface area (Å²) in [6.45, 7) is 0. The van der Waals surface area contributed by atoms with Crippen molar-refractivity contribution in [1.82, 2.24) is 0 Å². The van der Waals surface area contributed by atoms with E-state index >= 15 is 0 Å². The maximum Gasteiger partial charge on any atom is 0.323 e. The van der Waals surface area contributed by atoms with Gasteiger partial charge in [-0.2, -0.15) is 0 Å². The van der Waals surface area contributed by atoms with Crippen molar-refractivity contribution in [3.63, 3.8) is 0 Å². The minimum atomic E-state index is -3.22. The summed E-state index contributed by atoms with van der Waals surface area (Å²) in [5, 5.41) is 18.2. The predicted molar refractivity (Wildman–Crippen MR) is 69.5 cm³/mol. The van der Waals surface area contributed by atoms with Crippen LogP contribution in [0.5, 0.6) is 0 Å². The summed E-state index contributed by atoms with van der Waals surface area (Å²) in [7, 11) is -3.22. The molecule has 0 fully saturated rings. The van der Waals surface area contributed by atoms with Crippen molar-refractivity contribution in [2.45, 2.75) is 29.9 Å². The SMILES string of the molecule is CS(=O)(=O)c1ccc(CCC(O)[C@@H](N)C(=O)O)cc1.